The second-order valence-electron chi connectivity index (χ2n) is 3.42. The summed E-state index contributed by atoms with van der Waals surface area (Å²) in [6.45, 7) is 0. The van der Waals surface area contributed by atoms with Crippen molar-refractivity contribution in [1.29, 1.82) is 0 Å². The molecule has 1 aromatic carbocycles. The molecule has 0 saturated carbocycles. The van der Waals surface area contributed by atoms with E-state index in [-0.39, 0.29) is 6.01 Å². The van der Waals surface area contributed by atoms with Gasteiger partial charge in [-0.2, -0.15) is 4.52 Å². The van der Waals surface area contributed by atoms with Gasteiger partial charge in [0.05, 0.1) is 19.0 Å². The van der Waals surface area contributed by atoms with E-state index in [4.69, 9.17) is 4.74 Å². The molecule has 2 heterocycles. The molecule has 0 atom stereocenters. The first-order valence-corrected chi connectivity index (χ1v) is 5.06. The fraction of sp³-hybridized carbons (Fsp3) is 0.0909. The van der Waals surface area contributed by atoms with E-state index >= 15 is 0 Å². The van der Waals surface area contributed by atoms with E-state index in [0.717, 1.165) is 11.3 Å². The molecule has 84 valence electrons. The van der Waals surface area contributed by atoms with Crippen molar-refractivity contribution in [2.45, 2.75) is 0 Å². The molecule has 17 heavy (non-hydrogen) atoms. The highest BCUT2D eigenvalue weighted by atomic mass is 16.5. The minimum atomic E-state index is 0.217. The van der Waals surface area contributed by atoms with E-state index in [0.29, 0.717) is 5.78 Å². The number of aromatic nitrogens is 5. The van der Waals surface area contributed by atoms with Crippen LogP contribution in [0.3, 0.4) is 0 Å². The van der Waals surface area contributed by atoms with Gasteiger partial charge in [0.2, 0.25) is 0 Å². The summed E-state index contributed by atoms with van der Waals surface area (Å²) >= 11 is 0. The van der Waals surface area contributed by atoms with Gasteiger partial charge < -0.3 is 4.74 Å². The van der Waals surface area contributed by atoms with Crippen molar-refractivity contribution in [2.75, 3.05) is 7.11 Å². The Kier molecular flexibility index (Phi) is 2.18. The fourth-order valence-electron chi connectivity index (χ4n) is 1.53. The SMILES string of the molecule is COc1nnc2nc(-c3ccccc3)cn2n1. The van der Waals surface area contributed by atoms with Gasteiger partial charge in [0.15, 0.2) is 0 Å². The molecular formula is C11H9N5O. The first kappa shape index (κ1) is 9.71. The number of hydrogen-bond acceptors (Lipinski definition) is 5. The predicted molar refractivity (Wildman–Crippen MR) is 60.6 cm³/mol. The zero-order valence-electron chi connectivity index (χ0n) is 9.11. The predicted octanol–water partition coefficient (Wildman–Crippen LogP) is 1.19. The molecule has 3 rings (SSSR count). The van der Waals surface area contributed by atoms with Gasteiger partial charge in [-0.3, -0.25) is 0 Å². The average Bonchev–Trinajstić information content (AvgIpc) is 2.82. The van der Waals surface area contributed by atoms with Crippen molar-refractivity contribution >= 4 is 5.78 Å². The maximum atomic E-state index is 4.90. The number of nitrogens with zero attached hydrogens (tertiary/aromatic N) is 5. The second-order valence-corrected chi connectivity index (χ2v) is 3.42. The average molecular weight is 227 g/mol. The molecule has 0 amide bonds. The van der Waals surface area contributed by atoms with Crippen molar-refractivity contribution in [3.8, 4) is 17.3 Å². The third-order valence-electron chi connectivity index (χ3n) is 2.34. The van der Waals surface area contributed by atoms with Crippen molar-refractivity contribution in [1.82, 2.24) is 24.8 Å². The largest absolute Gasteiger partial charge is 0.465 e. The summed E-state index contributed by atoms with van der Waals surface area (Å²) in [5.41, 5.74) is 1.82. The van der Waals surface area contributed by atoms with Crippen LogP contribution in [0.25, 0.3) is 17.0 Å². The third kappa shape index (κ3) is 1.69. The summed E-state index contributed by atoms with van der Waals surface area (Å²) in [6.07, 6.45) is 1.79. The summed E-state index contributed by atoms with van der Waals surface area (Å²) in [4.78, 5) is 4.33. The van der Waals surface area contributed by atoms with Crippen molar-refractivity contribution in [3.63, 3.8) is 0 Å². The lowest BCUT2D eigenvalue weighted by Crippen LogP contribution is -2.00. The van der Waals surface area contributed by atoms with Crippen LogP contribution in [-0.2, 0) is 0 Å². The summed E-state index contributed by atoms with van der Waals surface area (Å²) < 4.78 is 6.45. The van der Waals surface area contributed by atoms with E-state index in [1.807, 2.05) is 30.3 Å². The number of fused-ring (bicyclic) bond motifs is 1. The molecule has 0 N–H and O–H groups in total. The van der Waals surface area contributed by atoms with Crippen LogP contribution in [0.1, 0.15) is 0 Å². The van der Waals surface area contributed by atoms with Gasteiger partial charge >= 0.3 is 6.01 Å². The monoisotopic (exact) mass is 227 g/mol. The molecule has 0 radical (unpaired) electrons. The number of ether oxygens (including phenoxy) is 1. The van der Waals surface area contributed by atoms with Gasteiger partial charge in [0, 0.05) is 5.56 Å². The Hall–Kier alpha value is -2.50. The maximum Gasteiger partial charge on any atom is 0.353 e. The Bertz CT molecular complexity index is 649. The molecule has 0 bridgehead atoms. The van der Waals surface area contributed by atoms with Gasteiger partial charge in [0.1, 0.15) is 0 Å². The van der Waals surface area contributed by atoms with Crippen LogP contribution < -0.4 is 4.74 Å². The molecule has 0 aliphatic carbocycles. The standard InChI is InChI=1S/C11H9N5O/c1-17-11-14-13-10-12-9(7-16(10)15-11)8-5-3-2-4-6-8/h2-7H,1H3. The molecule has 0 fully saturated rings. The van der Waals surface area contributed by atoms with E-state index in [2.05, 4.69) is 20.3 Å². The van der Waals surface area contributed by atoms with Crippen molar-refractivity contribution in [2.24, 2.45) is 0 Å². The van der Waals surface area contributed by atoms with Gasteiger partial charge in [0.25, 0.3) is 5.78 Å². The Balaban J connectivity index is 2.14. The zero-order chi connectivity index (χ0) is 11.7. The highest BCUT2D eigenvalue weighted by molar-refractivity contribution is 5.60. The normalized spacial score (nSPS) is 10.6. The van der Waals surface area contributed by atoms with E-state index in [1.165, 1.54) is 7.11 Å². The Morgan fingerprint density at radius 1 is 1.12 bits per heavy atom. The molecule has 0 unspecified atom stereocenters. The van der Waals surface area contributed by atoms with Gasteiger partial charge in [-0.05, 0) is 0 Å². The minimum absolute atomic E-state index is 0.217. The summed E-state index contributed by atoms with van der Waals surface area (Å²) in [7, 11) is 1.50. The van der Waals surface area contributed by atoms with Crippen LogP contribution in [0.2, 0.25) is 0 Å². The van der Waals surface area contributed by atoms with Crippen LogP contribution >= 0.6 is 0 Å². The molecule has 0 aliphatic heterocycles. The zero-order valence-corrected chi connectivity index (χ0v) is 9.11. The highest BCUT2D eigenvalue weighted by Gasteiger charge is 2.07. The lowest BCUT2D eigenvalue weighted by molar-refractivity contribution is 0.364. The number of benzene rings is 1. The number of hydrogen-bond donors (Lipinski definition) is 0. The first-order valence-electron chi connectivity index (χ1n) is 5.06. The molecule has 0 spiro atoms. The number of rotatable bonds is 2. The fourth-order valence-corrected chi connectivity index (χ4v) is 1.53. The van der Waals surface area contributed by atoms with Crippen LogP contribution in [0, 0.1) is 0 Å². The lowest BCUT2D eigenvalue weighted by Gasteiger charge is -1.94. The molecule has 0 aliphatic rings. The van der Waals surface area contributed by atoms with E-state index in [9.17, 15) is 0 Å². The topological polar surface area (TPSA) is 65.2 Å². The Morgan fingerprint density at radius 2 is 1.94 bits per heavy atom. The number of methoxy groups -OCH3 is 1. The van der Waals surface area contributed by atoms with E-state index in [1.54, 1.807) is 10.7 Å². The number of imidazole rings is 1. The highest BCUT2D eigenvalue weighted by Crippen LogP contribution is 2.17. The quantitative estimate of drug-likeness (QED) is 0.658. The molecule has 6 heteroatoms. The van der Waals surface area contributed by atoms with Crippen LogP contribution in [0.5, 0.6) is 6.01 Å². The molecule has 3 aromatic rings. The molecular weight excluding hydrogens is 218 g/mol. The maximum absolute atomic E-state index is 4.90. The smallest absolute Gasteiger partial charge is 0.353 e. The third-order valence-corrected chi connectivity index (χ3v) is 2.34. The lowest BCUT2D eigenvalue weighted by atomic mass is 10.2. The van der Waals surface area contributed by atoms with Gasteiger partial charge in [-0.25, -0.2) is 4.98 Å². The van der Waals surface area contributed by atoms with Gasteiger partial charge in [-0.15, -0.1) is 10.2 Å². The molecule has 2 aromatic heterocycles. The second kappa shape index (κ2) is 3.82. The Morgan fingerprint density at radius 3 is 2.71 bits per heavy atom. The molecule has 0 saturated heterocycles. The summed E-state index contributed by atoms with van der Waals surface area (Å²) in [6, 6.07) is 10.0. The van der Waals surface area contributed by atoms with Gasteiger partial charge in [-0.1, -0.05) is 35.4 Å². The summed E-state index contributed by atoms with van der Waals surface area (Å²) in [5.74, 6) is 0.449. The minimum Gasteiger partial charge on any atom is -0.465 e. The summed E-state index contributed by atoms with van der Waals surface area (Å²) in [5, 5.41) is 11.8. The molecule has 6 nitrogen and oxygen atoms in total. The van der Waals surface area contributed by atoms with Crippen LogP contribution in [0.15, 0.2) is 36.5 Å². The first-order chi connectivity index (χ1) is 8.36. The van der Waals surface area contributed by atoms with Crippen LogP contribution in [-0.4, -0.2) is 31.9 Å². The van der Waals surface area contributed by atoms with E-state index < -0.39 is 0 Å². The van der Waals surface area contributed by atoms with Crippen molar-refractivity contribution < 1.29 is 4.74 Å². The van der Waals surface area contributed by atoms with Crippen molar-refractivity contribution in [3.05, 3.63) is 36.5 Å². The van der Waals surface area contributed by atoms with Crippen LogP contribution in [0.4, 0.5) is 0 Å². The Labute approximate surface area is 96.9 Å².